The molecule has 3 aromatic carbocycles. The van der Waals surface area contributed by atoms with Crippen LogP contribution in [-0.4, -0.2) is 11.8 Å². The van der Waals surface area contributed by atoms with E-state index in [0.717, 1.165) is 17.2 Å². The molecule has 27 heavy (non-hydrogen) atoms. The maximum atomic E-state index is 13.4. The Morgan fingerprint density at radius 1 is 0.815 bits per heavy atom. The highest BCUT2D eigenvalue weighted by atomic mass is 19.1. The monoisotopic (exact) mass is 362 g/mol. The minimum Gasteiger partial charge on any atom is -0.445 e. The molecule has 3 aromatic rings. The Morgan fingerprint density at radius 3 is 2.00 bits per heavy atom. The Labute approximate surface area is 157 Å². The topological polar surface area (TPSA) is 43.4 Å². The van der Waals surface area contributed by atoms with Crippen molar-refractivity contribution in [2.45, 2.75) is 20.0 Å². The molecule has 0 aromatic heterocycles. The first-order valence-electron chi connectivity index (χ1n) is 8.58. The van der Waals surface area contributed by atoms with Gasteiger partial charge in [0.05, 0.1) is 5.56 Å². The summed E-state index contributed by atoms with van der Waals surface area (Å²) in [4.78, 5) is 25.5. The SMILES string of the molecule is Cc1ccc(C(=O)[C@H](OC(=O)c2cccc(F)c2)c2ccc(C)cc2)cc1. The van der Waals surface area contributed by atoms with Crippen LogP contribution in [0.2, 0.25) is 0 Å². The van der Waals surface area contributed by atoms with Crippen molar-refractivity contribution in [3.63, 3.8) is 0 Å². The van der Waals surface area contributed by atoms with Crippen molar-refractivity contribution in [3.8, 4) is 0 Å². The predicted molar refractivity (Wildman–Crippen MR) is 101 cm³/mol. The van der Waals surface area contributed by atoms with Gasteiger partial charge in [-0.1, -0.05) is 65.7 Å². The molecular weight excluding hydrogens is 343 g/mol. The van der Waals surface area contributed by atoms with E-state index in [0.29, 0.717) is 11.1 Å². The van der Waals surface area contributed by atoms with E-state index in [1.165, 1.54) is 18.2 Å². The predicted octanol–water partition coefficient (Wildman–Crippen LogP) is 5.22. The summed E-state index contributed by atoms with van der Waals surface area (Å²) in [5, 5.41) is 0. The van der Waals surface area contributed by atoms with Crippen LogP contribution in [0.1, 0.15) is 43.5 Å². The first-order chi connectivity index (χ1) is 12.9. The van der Waals surface area contributed by atoms with Gasteiger partial charge in [0, 0.05) is 11.1 Å². The van der Waals surface area contributed by atoms with E-state index in [9.17, 15) is 14.0 Å². The van der Waals surface area contributed by atoms with Gasteiger partial charge in [-0.3, -0.25) is 4.79 Å². The Balaban J connectivity index is 1.94. The molecule has 3 nitrogen and oxygen atoms in total. The van der Waals surface area contributed by atoms with E-state index >= 15 is 0 Å². The van der Waals surface area contributed by atoms with E-state index in [2.05, 4.69) is 0 Å². The molecule has 0 aliphatic heterocycles. The summed E-state index contributed by atoms with van der Waals surface area (Å²) >= 11 is 0. The number of carbonyl (C=O) groups is 2. The molecule has 4 heteroatoms. The van der Waals surface area contributed by atoms with Gasteiger partial charge in [-0.05, 0) is 32.0 Å². The maximum Gasteiger partial charge on any atom is 0.339 e. The average Bonchev–Trinajstić information content (AvgIpc) is 2.67. The minimum atomic E-state index is -1.11. The van der Waals surface area contributed by atoms with Crippen LogP contribution in [0, 0.1) is 19.7 Å². The molecular formula is C23H19FO3. The standard InChI is InChI=1S/C23H19FO3/c1-15-6-10-17(11-7-15)21(25)22(18-12-8-16(2)9-13-18)27-23(26)19-4-3-5-20(24)14-19/h3-14,22H,1-2H3/t22-/m1/s1. The first-order valence-corrected chi connectivity index (χ1v) is 8.58. The second kappa shape index (κ2) is 7.96. The lowest BCUT2D eigenvalue weighted by molar-refractivity contribution is 0.0279. The molecule has 0 saturated heterocycles. The summed E-state index contributed by atoms with van der Waals surface area (Å²) in [6.07, 6.45) is -1.11. The van der Waals surface area contributed by atoms with Crippen LogP contribution >= 0.6 is 0 Å². The Morgan fingerprint density at radius 2 is 1.41 bits per heavy atom. The van der Waals surface area contributed by atoms with Crippen molar-refractivity contribution in [1.29, 1.82) is 0 Å². The third-order valence-electron chi connectivity index (χ3n) is 4.24. The lowest BCUT2D eigenvalue weighted by Gasteiger charge is -2.18. The van der Waals surface area contributed by atoms with Crippen LogP contribution < -0.4 is 0 Å². The Bertz CT molecular complexity index is 960. The van der Waals surface area contributed by atoms with Gasteiger partial charge in [0.25, 0.3) is 0 Å². The number of hydrogen-bond donors (Lipinski definition) is 0. The van der Waals surface area contributed by atoms with Gasteiger partial charge in [0.1, 0.15) is 5.82 Å². The van der Waals surface area contributed by atoms with Gasteiger partial charge < -0.3 is 4.74 Å². The number of halogens is 1. The summed E-state index contributed by atoms with van der Waals surface area (Å²) in [7, 11) is 0. The molecule has 3 rings (SSSR count). The largest absolute Gasteiger partial charge is 0.445 e. The molecule has 0 fully saturated rings. The summed E-state index contributed by atoms with van der Waals surface area (Å²) in [6, 6.07) is 19.5. The lowest BCUT2D eigenvalue weighted by Crippen LogP contribution is -2.20. The molecule has 136 valence electrons. The van der Waals surface area contributed by atoms with E-state index in [-0.39, 0.29) is 11.3 Å². The minimum absolute atomic E-state index is 0.0591. The Kier molecular flexibility index (Phi) is 5.46. The third kappa shape index (κ3) is 4.47. The van der Waals surface area contributed by atoms with E-state index in [1.54, 1.807) is 24.3 Å². The van der Waals surface area contributed by atoms with Crippen molar-refractivity contribution in [3.05, 3.63) is 106 Å². The Hall–Kier alpha value is -3.27. The van der Waals surface area contributed by atoms with Crippen molar-refractivity contribution in [2.24, 2.45) is 0 Å². The quantitative estimate of drug-likeness (QED) is 0.461. The molecule has 0 spiro atoms. The average molecular weight is 362 g/mol. The number of hydrogen-bond acceptors (Lipinski definition) is 3. The highest BCUT2D eigenvalue weighted by molar-refractivity contribution is 6.02. The van der Waals surface area contributed by atoms with Crippen molar-refractivity contribution in [2.75, 3.05) is 0 Å². The molecule has 0 amide bonds. The number of rotatable bonds is 5. The molecule has 0 N–H and O–H groups in total. The van der Waals surface area contributed by atoms with Crippen LogP contribution in [0.15, 0.2) is 72.8 Å². The zero-order valence-corrected chi connectivity index (χ0v) is 15.1. The summed E-state index contributed by atoms with van der Waals surface area (Å²) in [5.74, 6) is -1.62. The number of benzene rings is 3. The molecule has 1 atom stereocenters. The number of ether oxygens (including phenoxy) is 1. The van der Waals surface area contributed by atoms with Crippen molar-refractivity contribution in [1.82, 2.24) is 0 Å². The normalized spacial score (nSPS) is 11.7. The summed E-state index contributed by atoms with van der Waals surface area (Å²) in [5.41, 5.74) is 3.12. The van der Waals surface area contributed by atoms with Gasteiger partial charge in [-0.2, -0.15) is 0 Å². The number of esters is 1. The fourth-order valence-electron chi connectivity index (χ4n) is 2.67. The fourth-order valence-corrected chi connectivity index (χ4v) is 2.67. The first kappa shape index (κ1) is 18.5. The second-order valence-corrected chi connectivity index (χ2v) is 6.44. The zero-order chi connectivity index (χ0) is 19.4. The lowest BCUT2D eigenvalue weighted by atomic mass is 9.98. The maximum absolute atomic E-state index is 13.4. The van der Waals surface area contributed by atoms with Crippen LogP contribution in [0.5, 0.6) is 0 Å². The second-order valence-electron chi connectivity index (χ2n) is 6.44. The van der Waals surface area contributed by atoms with Gasteiger partial charge in [0.15, 0.2) is 6.10 Å². The van der Waals surface area contributed by atoms with Crippen molar-refractivity contribution >= 4 is 11.8 Å². The van der Waals surface area contributed by atoms with Gasteiger partial charge in [-0.15, -0.1) is 0 Å². The fraction of sp³-hybridized carbons (Fsp3) is 0.130. The molecule has 0 radical (unpaired) electrons. The highest BCUT2D eigenvalue weighted by Gasteiger charge is 2.27. The van der Waals surface area contributed by atoms with Gasteiger partial charge in [0.2, 0.25) is 5.78 Å². The smallest absolute Gasteiger partial charge is 0.339 e. The third-order valence-corrected chi connectivity index (χ3v) is 4.24. The molecule has 0 aliphatic carbocycles. The molecule has 0 heterocycles. The van der Waals surface area contributed by atoms with E-state index < -0.39 is 17.9 Å². The zero-order valence-electron chi connectivity index (χ0n) is 15.1. The van der Waals surface area contributed by atoms with E-state index in [1.807, 2.05) is 38.1 Å². The van der Waals surface area contributed by atoms with Gasteiger partial charge >= 0.3 is 5.97 Å². The summed E-state index contributed by atoms with van der Waals surface area (Å²) in [6.45, 7) is 3.86. The van der Waals surface area contributed by atoms with Crippen LogP contribution in [0.25, 0.3) is 0 Å². The van der Waals surface area contributed by atoms with Crippen LogP contribution in [-0.2, 0) is 4.74 Å². The van der Waals surface area contributed by atoms with Crippen molar-refractivity contribution < 1.29 is 18.7 Å². The van der Waals surface area contributed by atoms with Crippen LogP contribution in [0.4, 0.5) is 4.39 Å². The molecule has 0 bridgehead atoms. The number of aryl methyl sites for hydroxylation is 2. The number of ketones is 1. The molecule has 0 aliphatic rings. The number of carbonyl (C=O) groups excluding carboxylic acids is 2. The highest BCUT2D eigenvalue weighted by Crippen LogP contribution is 2.25. The molecule has 0 saturated carbocycles. The number of Topliss-reactive ketones (excluding diaryl/α,β-unsaturated/α-hetero) is 1. The summed E-state index contributed by atoms with van der Waals surface area (Å²) < 4.78 is 18.9. The molecule has 0 unspecified atom stereocenters. The van der Waals surface area contributed by atoms with Crippen LogP contribution in [0.3, 0.4) is 0 Å². The van der Waals surface area contributed by atoms with E-state index in [4.69, 9.17) is 4.74 Å². The van der Waals surface area contributed by atoms with Gasteiger partial charge in [-0.25, -0.2) is 9.18 Å².